The molecule has 0 bridgehead atoms. The van der Waals surface area contributed by atoms with Crippen molar-refractivity contribution in [2.24, 2.45) is 0 Å². The van der Waals surface area contributed by atoms with Crippen LogP contribution in [-0.4, -0.2) is 52.8 Å². The second-order valence-electron chi connectivity index (χ2n) is 6.81. The highest BCUT2D eigenvalue weighted by molar-refractivity contribution is 5.86. The Balaban J connectivity index is 1.55. The summed E-state index contributed by atoms with van der Waals surface area (Å²) in [5, 5.41) is 14.1. The number of aliphatic hydroxyl groups is 1. The van der Waals surface area contributed by atoms with Gasteiger partial charge in [-0.3, -0.25) is 4.79 Å². The molecular formula is C20H27N3O3. The first kappa shape index (κ1) is 18.5. The molecule has 1 aliphatic rings. The number of hydrogen-bond acceptors (Lipinski definition) is 4. The summed E-state index contributed by atoms with van der Waals surface area (Å²) in [7, 11) is 1.63. The van der Waals surface area contributed by atoms with Crippen LogP contribution in [0.2, 0.25) is 0 Å². The predicted octanol–water partition coefficient (Wildman–Crippen LogP) is 1.64. The first-order valence-electron chi connectivity index (χ1n) is 9.07. The summed E-state index contributed by atoms with van der Waals surface area (Å²) in [6.07, 6.45) is 5.29. The molecule has 0 saturated carbocycles. The van der Waals surface area contributed by atoms with Gasteiger partial charge in [-0.05, 0) is 42.7 Å². The number of hydrogen-bond donors (Lipinski definition) is 2. The van der Waals surface area contributed by atoms with Crippen molar-refractivity contribution in [3.63, 3.8) is 0 Å². The molecule has 6 heteroatoms. The van der Waals surface area contributed by atoms with E-state index in [2.05, 4.69) is 9.88 Å². The van der Waals surface area contributed by atoms with E-state index in [1.165, 1.54) is 0 Å². The van der Waals surface area contributed by atoms with Gasteiger partial charge in [-0.2, -0.15) is 0 Å². The normalized spacial score (nSPS) is 20.4. The van der Waals surface area contributed by atoms with Crippen LogP contribution in [0.1, 0.15) is 18.4 Å². The molecule has 0 aliphatic carbocycles. The second kappa shape index (κ2) is 8.38. The van der Waals surface area contributed by atoms with Crippen molar-refractivity contribution in [3.8, 4) is 5.75 Å². The monoisotopic (exact) mass is 357 g/mol. The number of carbonyl (C=O) groups excluding carboxylic acids is 1. The van der Waals surface area contributed by atoms with Gasteiger partial charge in [-0.15, -0.1) is 0 Å². The van der Waals surface area contributed by atoms with Crippen molar-refractivity contribution < 1.29 is 14.6 Å². The molecule has 140 valence electrons. The van der Waals surface area contributed by atoms with Gasteiger partial charge in [0, 0.05) is 45.1 Å². The minimum atomic E-state index is -1.33. The Morgan fingerprint density at radius 1 is 1.27 bits per heavy atom. The van der Waals surface area contributed by atoms with Crippen LogP contribution in [0.4, 0.5) is 0 Å². The van der Waals surface area contributed by atoms with E-state index < -0.39 is 5.60 Å². The lowest BCUT2D eigenvalue weighted by Gasteiger charge is -2.38. The predicted molar refractivity (Wildman–Crippen MR) is 99.9 cm³/mol. The zero-order chi connectivity index (χ0) is 18.4. The third kappa shape index (κ3) is 4.45. The first-order chi connectivity index (χ1) is 12.6. The maximum absolute atomic E-state index is 12.8. The molecule has 1 amide bonds. The zero-order valence-corrected chi connectivity index (χ0v) is 15.2. The van der Waals surface area contributed by atoms with Crippen LogP contribution >= 0.6 is 0 Å². The highest BCUT2D eigenvalue weighted by atomic mass is 16.5. The van der Waals surface area contributed by atoms with Gasteiger partial charge < -0.3 is 24.6 Å². The topological polar surface area (TPSA) is 66.7 Å². The summed E-state index contributed by atoms with van der Waals surface area (Å²) in [4.78, 5) is 14.6. The van der Waals surface area contributed by atoms with E-state index in [0.29, 0.717) is 26.1 Å². The van der Waals surface area contributed by atoms with Crippen molar-refractivity contribution in [2.75, 3.05) is 26.7 Å². The molecular weight excluding hydrogens is 330 g/mol. The maximum atomic E-state index is 12.8. The van der Waals surface area contributed by atoms with Crippen LogP contribution in [0.5, 0.6) is 5.75 Å². The number of amides is 1. The molecule has 1 saturated heterocycles. The summed E-state index contributed by atoms with van der Waals surface area (Å²) < 4.78 is 7.31. The van der Waals surface area contributed by atoms with Crippen molar-refractivity contribution in [2.45, 2.75) is 31.5 Å². The number of carbonyl (C=O) groups is 1. The fourth-order valence-corrected chi connectivity index (χ4v) is 3.39. The van der Waals surface area contributed by atoms with Crippen molar-refractivity contribution in [1.29, 1.82) is 0 Å². The van der Waals surface area contributed by atoms with Gasteiger partial charge in [0.1, 0.15) is 5.75 Å². The minimum Gasteiger partial charge on any atom is -0.497 e. The Kier molecular flexibility index (Phi) is 5.96. The quantitative estimate of drug-likeness (QED) is 0.705. The Hall–Kier alpha value is -2.31. The Labute approximate surface area is 154 Å². The lowest BCUT2D eigenvalue weighted by molar-refractivity contribution is -0.157. The molecule has 26 heavy (non-hydrogen) atoms. The van der Waals surface area contributed by atoms with E-state index in [1.807, 2.05) is 48.8 Å². The average Bonchev–Trinajstić information content (AvgIpc) is 3.17. The average molecular weight is 357 g/mol. The lowest BCUT2D eigenvalue weighted by atomic mass is 9.91. The van der Waals surface area contributed by atoms with Crippen molar-refractivity contribution >= 4 is 5.91 Å². The van der Waals surface area contributed by atoms with Gasteiger partial charge in [-0.25, -0.2) is 0 Å². The summed E-state index contributed by atoms with van der Waals surface area (Å²) in [5.41, 5.74) is -0.323. The van der Waals surface area contributed by atoms with Crippen LogP contribution in [0.15, 0.2) is 48.8 Å². The summed E-state index contributed by atoms with van der Waals surface area (Å²) in [6, 6.07) is 11.7. The maximum Gasteiger partial charge on any atom is 0.256 e. The Morgan fingerprint density at radius 2 is 2.08 bits per heavy atom. The van der Waals surface area contributed by atoms with E-state index in [1.54, 1.807) is 12.0 Å². The number of likely N-dealkylation sites (tertiary alicyclic amines) is 1. The largest absolute Gasteiger partial charge is 0.497 e. The summed E-state index contributed by atoms with van der Waals surface area (Å²) in [5.74, 6) is 0.578. The van der Waals surface area contributed by atoms with Gasteiger partial charge >= 0.3 is 0 Å². The molecule has 3 rings (SSSR count). The number of aromatic nitrogens is 1. The third-order valence-electron chi connectivity index (χ3n) is 4.84. The van der Waals surface area contributed by atoms with E-state index in [0.717, 1.165) is 24.3 Å². The molecule has 1 aliphatic heterocycles. The summed E-state index contributed by atoms with van der Waals surface area (Å²) >= 11 is 0. The molecule has 2 aromatic rings. The number of nitrogens with zero attached hydrogens (tertiary/aromatic N) is 2. The SMILES string of the molecule is COc1cccc(CN2CCCC(O)(CNCCn3cccc3)C2=O)c1. The Bertz CT molecular complexity index is 717. The molecule has 0 spiro atoms. The fourth-order valence-electron chi connectivity index (χ4n) is 3.39. The van der Waals surface area contributed by atoms with Crippen molar-refractivity contribution in [3.05, 3.63) is 54.4 Å². The molecule has 0 radical (unpaired) electrons. The first-order valence-corrected chi connectivity index (χ1v) is 9.07. The zero-order valence-electron chi connectivity index (χ0n) is 15.2. The van der Waals surface area contributed by atoms with Crippen molar-refractivity contribution in [1.82, 2.24) is 14.8 Å². The highest BCUT2D eigenvalue weighted by Crippen LogP contribution is 2.24. The van der Waals surface area contributed by atoms with E-state index in [9.17, 15) is 9.90 Å². The smallest absolute Gasteiger partial charge is 0.256 e. The van der Waals surface area contributed by atoms with Crippen LogP contribution in [0.3, 0.4) is 0 Å². The number of nitrogens with one attached hydrogen (secondary N) is 1. The molecule has 1 unspecified atom stereocenters. The van der Waals surface area contributed by atoms with Crippen LogP contribution in [0, 0.1) is 0 Å². The molecule has 2 N–H and O–H groups in total. The molecule has 1 fully saturated rings. The van der Waals surface area contributed by atoms with Crippen LogP contribution in [-0.2, 0) is 17.9 Å². The number of benzene rings is 1. The standard InChI is InChI=1S/C20H27N3O3/c1-26-18-7-4-6-17(14-18)15-23-12-5-8-20(25,19(23)24)16-21-9-13-22-10-2-3-11-22/h2-4,6-7,10-11,14,21,25H,5,8-9,12-13,15-16H2,1H3. The Morgan fingerprint density at radius 3 is 2.85 bits per heavy atom. The molecule has 1 aromatic carbocycles. The van der Waals surface area contributed by atoms with Crippen LogP contribution < -0.4 is 10.1 Å². The van der Waals surface area contributed by atoms with Gasteiger partial charge in [0.15, 0.2) is 5.60 Å². The van der Waals surface area contributed by atoms with Crippen LogP contribution in [0.25, 0.3) is 0 Å². The van der Waals surface area contributed by atoms with E-state index in [4.69, 9.17) is 4.74 Å². The lowest BCUT2D eigenvalue weighted by Crippen LogP contribution is -2.57. The molecule has 6 nitrogen and oxygen atoms in total. The van der Waals surface area contributed by atoms with Gasteiger partial charge in [-0.1, -0.05) is 12.1 Å². The van der Waals surface area contributed by atoms with Gasteiger partial charge in [0.25, 0.3) is 5.91 Å². The van der Waals surface area contributed by atoms with E-state index >= 15 is 0 Å². The fraction of sp³-hybridized carbons (Fsp3) is 0.450. The molecule has 2 heterocycles. The van der Waals surface area contributed by atoms with Gasteiger partial charge in [0.05, 0.1) is 7.11 Å². The number of rotatable bonds is 8. The highest BCUT2D eigenvalue weighted by Gasteiger charge is 2.41. The summed E-state index contributed by atoms with van der Waals surface area (Å²) in [6.45, 7) is 2.95. The third-order valence-corrected chi connectivity index (χ3v) is 4.84. The number of methoxy groups -OCH3 is 1. The minimum absolute atomic E-state index is 0.194. The van der Waals surface area contributed by atoms with E-state index in [-0.39, 0.29) is 12.5 Å². The number of piperidine rings is 1. The van der Waals surface area contributed by atoms with Gasteiger partial charge in [0.2, 0.25) is 0 Å². The molecule has 1 aromatic heterocycles. The molecule has 1 atom stereocenters. The number of ether oxygens (including phenoxy) is 1. The second-order valence-corrected chi connectivity index (χ2v) is 6.81.